The van der Waals surface area contributed by atoms with Gasteiger partial charge in [-0.15, -0.1) is 0 Å². The molecule has 3 rings (SSSR count). The lowest BCUT2D eigenvalue weighted by Gasteiger charge is -2.40. The maximum absolute atomic E-state index is 12.8. The minimum Gasteiger partial charge on any atom is -0.365 e. The van der Waals surface area contributed by atoms with Crippen LogP contribution in [0.2, 0.25) is 0 Å². The van der Waals surface area contributed by atoms with Gasteiger partial charge in [-0.2, -0.15) is 5.10 Å². The van der Waals surface area contributed by atoms with Gasteiger partial charge < -0.3 is 14.7 Å². The molecule has 1 aliphatic heterocycles. The number of aromatic nitrogens is 3. The van der Waals surface area contributed by atoms with Crippen molar-refractivity contribution in [1.29, 1.82) is 0 Å². The Hall–Kier alpha value is -2.64. The molecule has 0 saturated carbocycles. The van der Waals surface area contributed by atoms with Crippen molar-refractivity contribution in [2.45, 2.75) is 32.2 Å². The Morgan fingerprint density at radius 1 is 1.44 bits per heavy atom. The number of amides is 2. The molecule has 2 atom stereocenters. The lowest BCUT2D eigenvalue weighted by Crippen LogP contribution is -2.48. The van der Waals surface area contributed by atoms with Crippen molar-refractivity contribution in [3.63, 3.8) is 0 Å². The van der Waals surface area contributed by atoms with Gasteiger partial charge in [0.25, 0.3) is 0 Å². The number of rotatable bonds is 6. The van der Waals surface area contributed by atoms with Crippen LogP contribution in [-0.2, 0) is 23.1 Å². The molecule has 0 aromatic carbocycles. The zero-order chi connectivity index (χ0) is 17.8. The van der Waals surface area contributed by atoms with Crippen molar-refractivity contribution in [2.24, 2.45) is 13.0 Å². The predicted molar refractivity (Wildman–Crippen MR) is 89.3 cm³/mol. The molecule has 1 saturated heterocycles. The standard InChI is InChI=1S/C17H23N5O3/c1-3-22-15(23)5-4-13(16(22)14-7-10-19-21(14)2)17(24)18-9-6-12-8-11-25-20-12/h7-8,10-11,13,16H,3-6,9H2,1-2H3,(H,18,24)/t13-,16-/m0/s1. The summed E-state index contributed by atoms with van der Waals surface area (Å²) in [6.07, 6.45) is 4.76. The minimum absolute atomic E-state index is 0.0411. The second kappa shape index (κ2) is 7.50. The maximum Gasteiger partial charge on any atom is 0.225 e. The predicted octanol–water partition coefficient (Wildman–Crippen LogP) is 1.07. The van der Waals surface area contributed by atoms with Gasteiger partial charge in [0.2, 0.25) is 11.8 Å². The number of carbonyl (C=O) groups is 2. The van der Waals surface area contributed by atoms with Crippen LogP contribution < -0.4 is 5.32 Å². The molecular weight excluding hydrogens is 322 g/mol. The fourth-order valence-corrected chi connectivity index (χ4v) is 3.45. The van der Waals surface area contributed by atoms with Gasteiger partial charge in [0.15, 0.2) is 0 Å². The van der Waals surface area contributed by atoms with E-state index in [4.69, 9.17) is 4.52 Å². The molecule has 134 valence electrons. The molecule has 2 aromatic rings. The van der Waals surface area contributed by atoms with Crippen LogP contribution in [0, 0.1) is 5.92 Å². The van der Waals surface area contributed by atoms with Crippen LogP contribution in [0.15, 0.2) is 29.1 Å². The molecule has 25 heavy (non-hydrogen) atoms. The Bertz CT molecular complexity index is 724. The highest BCUT2D eigenvalue weighted by atomic mass is 16.5. The van der Waals surface area contributed by atoms with E-state index in [9.17, 15) is 9.59 Å². The van der Waals surface area contributed by atoms with Crippen LogP contribution in [0.1, 0.15) is 37.2 Å². The molecule has 0 unspecified atom stereocenters. The largest absolute Gasteiger partial charge is 0.365 e. The summed E-state index contributed by atoms with van der Waals surface area (Å²) in [5, 5.41) is 11.0. The van der Waals surface area contributed by atoms with Gasteiger partial charge in [0, 0.05) is 45.2 Å². The van der Waals surface area contributed by atoms with Crippen molar-refractivity contribution in [1.82, 2.24) is 25.2 Å². The molecule has 0 radical (unpaired) electrons. The van der Waals surface area contributed by atoms with Crippen molar-refractivity contribution in [3.05, 3.63) is 36.0 Å². The molecule has 0 spiro atoms. The van der Waals surface area contributed by atoms with E-state index in [1.807, 2.05) is 20.0 Å². The number of aryl methyl sites for hydroxylation is 1. The van der Waals surface area contributed by atoms with Gasteiger partial charge in [-0.3, -0.25) is 14.3 Å². The Kier molecular flexibility index (Phi) is 5.16. The van der Waals surface area contributed by atoms with Gasteiger partial charge >= 0.3 is 0 Å². The fraction of sp³-hybridized carbons (Fsp3) is 0.529. The molecule has 3 heterocycles. The summed E-state index contributed by atoms with van der Waals surface area (Å²) in [6.45, 7) is 2.99. The number of likely N-dealkylation sites (tertiary alicyclic amines) is 1. The topological polar surface area (TPSA) is 93.3 Å². The fourth-order valence-electron chi connectivity index (χ4n) is 3.45. The van der Waals surface area contributed by atoms with Crippen LogP contribution >= 0.6 is 0 Å². The average Bonchev–Trinajstić information content (AvgIpc) is 3.26. The third-order valence-electron chi connectivity index (χ3n) is 4.72. The highest BCUT2D eigenvalue weighted by molar-refractivity contribution is 5.84. The smallest absolute Gasteiger partial charge is 0.225 e. The van der Waals surface area contributed by atoms with Gasteiger partial charge in [-0.05, 0) is 19.4 Å². The molecule has 2 aromatic heterocycles. The Balaban J connectivity index is 1.73. The molecule has 0 aliphatic carbocycles. The quantitative estimate of drug-likeness (QED) is 0.845. The molecular formula is C17H23N5O3. The van der Waals surface area contributed by atoms with E-state index in [-0.39, 0.29) is 23.8 Å². The summed E-state index contributed by atoms with van der Waals surface area (Å²) in [4.78, 5) is 26.9. The van der Waals surface area contributed by atoms with Crippen molar-refractivity contribution in [2.75, 3.05) is 13.1 Å². The van der Waals surface area contributed by atoms with Crippen molar-refractivity contribution >= 4 is 11.8 Å². The van der Waals surface area contributed by atoms with E-state index in [2.05, 4.69) is 15.6 Å². The summed E-state index contributed by atoms with van der Waals surface area (Å²) in [7, 11) is 1.84. The second-order valence-corrected chi connectivity index (χ2v) is 6.18. The minimum atomic E-state index is -0.287. The van der Waals surface area contributed by atoms with Crippen LogP contribution in [0.4, 0.5) is 0 Å². The highest BCUT2D eigenvalue weighted by Gasteiger charge is 2.41. The second-order valence-electron chi connectivity index (χ2n) is 6.18. The van der Waals surface area contributed by atoms with Gasteiger partial charge in [-0.1, -0.05) is 5.16 Å². The molecule has 0 bridgehead atoms. The number of carbonyl (C=O) groups excluding carboxylic acids is 2. The van der Waals surface area contributed by atoms with Gasteiger partial charge in [0.05, 0.1) is 23.3 Å². The van der Waals surface area contributed by atoms with E-state index in [1.165, 1.54) is 6.26 Å². The SMILES string of the molecule is CCN1C(=O)CC[C@H](C(=O)NCCc2ccon2)[C@H]1c1ccnn1C. The number of piperidine rings is 1. The summed E-state index contributed by atoms with van der Waals surface area (Å²) in [6, 6.07) is 3.37. The third kappa shape index (κ3) is 3.57. The molecule has 1 fully saturated rings. The van der Waals surface area contributed by atoms with E-state index >= 15 is 0 Å². The zero-order valence-corrected chi connectivity index (χ0v) is 14.5. The van der Waals surface area contributed by atoms with E-state index in [0.717, 1.165) is 11.4 Å². The van der Waals surface area contributed by atoms with Crippen LogP contribution in [-0.4, -0.2) is 44.7 Å². The van der Waals surface area contributed by atoms with Crippen molar-refractivity contribution < 1.29 is 14.1 Å². The lowest BCUT2D eigenvalue weighted by atomic mass is 9.85. The van der Waals surface area contributed by atoms with Crippen LogP contribution in [0.3, 0.4) is 0 Å². The van der Waals surface area contributed by atoms with E-state index < -0.39 is 0 Å². The van der Waals surface area contributed by atoms with Crippen molar-refractivity contribution in [3.8, 4) is 0 Å². The monoisotopic (exact) mass is 345 g/mol. The van der Waals surface area contributed by atoms with E-state index in [0.29, 0.717) is 32.4 Å². The molecule has 1 N–H and O–H groups in total. The summed E-state index contributed by atoms with van der Waals surface area (Å²) in [5.41, 5.74) is 1.68. The molecule has 2 amide bonds. The van der Waals surface area contributed by atoms with Gasteiger partial charge in [-0.25, -0.2) is 0 Å². The average molecular weight is 345 g/mol. The first kappa shape index (κ1) is 17.2. The van der Waals surface area contributed by atoms with Gasteiger partial charge in [0.1, 0.15) is 6.26 Å². The summed E-state index contributed by atoms with van der Waals surface area (Å²) < 4.78 is 6.53. The molecule has 1 aliphatic rings. The number of nitrogens with one attached hydrogen (secondary N) is 1. The Morgan fingerprint density at radius 2 is 2.28 bits per heavy atom. The Labute approximate surface area is 146 Å². The first-order chi connectivity index (χ1) is 12.1. The number of hydrogen-bond donors (Lipinski definition) is 1. The summed E-state index contributed by atoms with van der Waals surface area (Å²) >= 11 is 0. The summed E-state index contributed by atoms with van der Waals surface area (Å²) in [5.74, 6) is -0.244. The maximum atomic E-state index is 12.8. The Morgan fingerprint density at radius 3 is 2.92 bits per heavy atom. The first-order valence-corrected chi connectivity index (χ1v) is 8.56. The molecule has 8 heteroatoms. The number of nitrogens with zero attached hydrogens (tertiary/aromatic N) is 4. The number of hydrogen-bond acceptors (Lipinski definition) is 5. The highest BCUT2D eigenvalue weighted by Crippen LogP contribution is 2.36. The van der Waals surface area contributed by atoms with E-state index in [1.54, 1.807) is 21.8 Å². The lowest BCUT2D eigenvalue weighted by molar-refractivity contribution is -0.143. The third-order valence-corrected chi connectivity index (χ3v) is 4.72. The van der Waals surface area contributed by atoms with Crippen LogP contribution in [0.5, 0.6) is 0 Å². The normalized spacial score (nSPS) is 20.7. The van der Waals surface area contributed by atoms with Crippen LogP contribution in [0.25, 0.3) is 0 Å². The zero-order valence-electron chi connectivity index (χ0n) is 14.5. The molecule has 8 nitrogen and oxygen atoms in total. The first-order valence-electron chi connectivity index (χ1n) is 8.56.